The van der Waals surface area contributed by atoms with Crippen molar-refractivity contribution in [2.45, 2.75) is 39.4 Å². The van der Waals surface area contributed by atoms with Crippen molar-refractivity contribution < 1.29 is 0 Å². The van der Waals surface area contributed by atoms with E-state index in [4.69, 9.17) is 0 Å². The van der Waals surface area contributed by atoms with Crippen LogP contribution in [0.3, 0.4) is 0 Å². The Labute approximate surface area is 80.6 Å². The van der Waals surface area contributed by atoms with Crippen LogP contribution in [0.15, 0.2) is 0 Å². The highest BCUT2D eigenvalue weighted by Gasteiger charge is 2.50. The molecule has 0 aromatic heterocycles. The zero-order chi connectivity index (χ0) is 7.47. The van der Waals surface area contributed by atoms with Crippen molar-refractivity contribution in [3.8, 4) is 0 Å². The van der Waals surface area contributed by atoms with Gasteiger partial charge in [-0.25, -0.2) is 0 Å². The van der Waals surface area contributed by atoms with Gasteiger partial charge in [0, 0.05) is 0 Å². The summed E-state index contributed by atoms with van der Waals surface area (Å²) in [5.41, 5.74) is 0. The van der Waals surface area contributed by atoms with Crippen molar-refractivity contribution in [1.82, 2.24) is 0 Å². The lowest BCUT2D eigenvalue weighted by atomic mass is 9.96. The Balaban J connectivity index is 1.94. The Bertz CT molecular complexity index is 154. The fourth-order valence-electron chi connectivity index (χ4n) is 2.44. The zero-order valence-electron chi connectivity index (χ0n) is 6.58. The zero-order valence-corrected chi connectivity index (χ0v) is 9.03. The molecule has 4 saturated heterocycles. The summed E-state index contributed by atoms with van der Waals surface area (Å²) in [7, 11) is 0. The largest absolute Gasteiger partial charge is 0.133 e. The van der Waals surface area contributed by atoms with E-state index in [1.165, 1.54) is 19.3 Å². The maximum absolute atomic E-state index is 2.45. The van der Waals surface area contributed by atoms with Gasteiger partial charge < -0.3 is 0 Å². The first-order valence-corrected chi connectivity index (χ1v) is 6.95. The SMILES string of the molecule is CC12CC3CC(SC(C3)S1)S2. The summed E-state index contributed by atoms with van der Waals surface area (Å²) in [5.74, 6) is 1.08. The van der Waals surface area contributed by atoms with E-state index < -0.39 is 0 Å². The van der Waals surface area contributed by atoms with Crippen LogP contribution in [-0.2, 0) is 0 Å². The third-order valence-corrected chi connectivity index (χ3v) is 7.83. The maximum atomic E-state index is 2.45. The lowest BCUT2D eigenvalue weighted by Gasteiger charge is -2.53. The summed E-state index contributed by atoms with van der Waals surface area (Å²) in [5, 5.41) is 0. The minimum absolute atomic E-state index is 0.613. The Kier molecular flexibility index (Phi) is 1.56. The highest BCUT2D eigenvalue weighted by Crippen LogP contribution is 2.67. The van der Waals surface area contributed by atoms with E-state index in [-0.39, 0.29) is 0 Å². The van der Waals surface area contributed by atoms with Gasteiger partial charge in [-0.2, -0.15) is 0 Å². The van der Waals surface area contributed by atoms with Crippen LogP contribution in [0.2, 0.25) is 0 Å². The molecule has 4 bridgehead atoms. The van der Waals surface area contributed by atoms with E-state index in [1.807, 2.05) is 0 Å². The maximum Gasteiger partial charge on any atom is 0.0608 e. The van der Waals surface area contributed by atoms with Crippen LogP contribution in [0.25, 0.3) is 0 Å². The van der Waals surface area contributed by atoms with Crippen LogP contribution in [0, 0.1) is 5.92 Å². The molecule has 4 aliphatic heterocycles. The molecule has 4 rings (SSSR count). The number of thioether (sulfide) groups is 3. The van der Waals surface area contributed by atoms with Crippen LogP contribution >= 0.6 is 35.3 Å². The first-order chi connectivity index (χ1) is 5.23. The molecule has 0 saturated carbocycles. The highest BCUT2D eigenvalue weighted by atomic mass is 32.3. The van der Waals surface area contributed by atoms with E-state index in [0.29, 0.717) is 4.08 Å². The summed E-state index contributed by atoms with van der Waals surface area (Å²) >= 11 is 6.70. The molecule has 11 heavy (non-hydrogen) atoms. The smallest absolute Gasteiger partial charge is 0.0608 e. The summed E-state index contributed by atoms with van der Waals surface area (Å²) in [6.45, 7) is 2.45. The lowest BCUT2D eigenvalue weighted by Crippen LogP contribution is -2.42. The predicted molar refractivity (Wildman–Crippen MR) is 56.1 cm³/mol. The molecule has 4 aliphatic rings. The molecule has 2 atom stereocenters. The second-order valence-corrected chi connectivity index (χ2v) is 9.58. The average molecular weight is 204 g/mol. The topological polar surface area (TPSA) is 0 Å². The van der Waals surface area contributed by atoms with E-state index in [9.17, 15) is 0 Å². The van der Waals surface area contributed by atoms with Crippen LogP contribution in [0.1, 0.15) is 26.2 Å². The van der Waals surface area contributed by atoms with E-state index in [2.05, 4.69) is 42.2 Å². The molecule has 2 unspecified atom stereocenters. The fourth-order valence-corrected chi connectivity index (χ4v) is 10.1. The fraction of sp³-hybridized carbons (Fsp3) is 1.00. The molecule has 0 radical (unpaired) electrons. The number of rotatable bonds is 0. The van der Waals surface area contributed by atoms with Gasteiger partial charge in [0.1, 0.15) is 0 Å². The monoisotopic (exact) mass is 204 g/mol. The van der Waals surface area contributed by atoms with Gasteiger partial charge in [-0.3, -0.25) is 0 Å². The molecule has 3 heteroatoms. The van der Waals surface area contributed by atoms with Crippen molar-refractivity contribution >= 4 is 35.3 Å². The van der Waals surface area contributed by atoms with Gasteiger partial charge >= 0.3 is 0 Å². The van der Waals surface area contributed by atoms with E-state index >= 15 is 0 Å². The number of hydrogen-bond donors (Lipinski definition) is 0. The summed E-state index contributed by atoms with van der Waals surface area (Å²) in [6.07, 6.45) is 4.49. The van der Waals surface area contributed by atoms with Crippen molar-refractivity contribution in [3.63, 3.8) is 0 Å². The first kappa shape index (κ1) is 7.45. The third-order valence-electron chi connectivity index (χ3n) is 2.78. The normalized spacial score (nSPS) is 60.3. The van der Waals surface area contributed by atoms with Crippen LogP contribution in [0.4, 0.5) is 0 Å². The minimum Gasteiger partial charge on any atom is -0.133 e. The van der Waals surface area contributed by atoms with E-state index in [0.717, 1.165) is 15.1 Å². The molecule has 0 aliphatic carbocycles. The van der Waals surface area contributed by atoms with Gasteiger partial charge in [0.05, 0.1) is 13.2 Å². The Morgan fingerprint density at radius 1 is 1.18 bits per heavy atom. The van der Waals surface area contributed by atoms with E-state index in [1.54, 1.807) is 0 Å². The molecular weight excluding hydrogens is 192 g/mol. The van der Waals surface area contributed by atoms with Crippen LogP contribution in [-0.4, -0.2) is 13.2 Å². The molecule has 0 spiro atoms. The van der Waals surface area contributed by atoms with Gasteiger partial charge in [-0.15, -0.1) is 35.3 Å². The third kappa shape index (κ3) is 1.15. The predicted octanol–water partition coefficient (Wildman–Crippen LogP) is 3.38. The number of hydrogen-bond acceptors (Lipinski definition) is 3. The van der Waals surface area contributed by atoms with Crippen molar-refractivity contribution in [1.29, 1.82) is 0 Å². The Morgan fingerprint density at radius 2 is 1.82 bits per heavy atom. The average Bonchev–Trinajstić information content (AvgIpc) is 1.79. The summed E-state index contributed by atoms with van der Waals surface area (Å²) < 4.78 is 2.53. The molecule has 4 fully saturated rings. The first-order valence-electron chi connectivity index (χ1n) is 4.25. The van der Waals surface area contributed by atoms with Gasteiger partial charge in [-0.05, 0) is 32.1 Å². The van der Waals surface area contributed by atoms with Crippen molar-refractivity contribution in [2.24, 2.45) is 5.92 Å². The summed E-state index contributed by atoms with van der Waals surface area (Å²) in [4.78, 5) is 0. The van der Waals surface area contributed by atoms with Gasteiger partial charge in [-0.1, -0.05) is 0 Å². The second kappa shape index (κ2) is 2.30. The minimum atomic E-state index is 0.613. The molecule has 0 amide bonds. The van der Waals surface area contributed by atoms with Gasteiger partial charge in [0.2, 0.25) is 0 Å². The van der Waals surface area contributed by atoms with Crippen LogP contribution in [0.5, 0.6) is 0 Å². The molecule has 4 heterocycles. The van der Waals surface area contributed by atoms with Gasteiger partial charge in [0.15, 0.2) is 0 Å². The van der Waals surface area contributed by atoms with Crippen molar-refractivity contribution in [2.75, 3.05) is 0 Å². The van der Waals surface area contributed by atoms with Crippen molar-refractivity contribution in [3.05, 3.63) is 0 Å². The van der Waals surface area contributed by atoms with Gasteiger partial charge in [0.25, 0.3) is 0 Å². The Hall–Kier alpha value is 1.05. The second-order valence-electron chi connectivity index (χ2n) is 3.91. The molecular formula is C8H12S3. The lowest BCUT2D eigenvalue weighted by molar-refractivity contribution is 0.399. The quantitative estimate of drug-likeness (QED) is 0.594. The molecule has 0 aromatic rings. The molecule has 0 nitrogen and oxygen atoms in total. The molecule has 62 valence electrons. The molecule has 0 aromatic carbocycles. The Morgan fingerprint density at radius 3 is 2.27 bits per heavy atom. The standard InChI is InChI=1S/C8H12S3/c1-8-4-5-2-6(10-8)9-7(3-5)11-8/h5-7H,2-4H2,1H3. The van der Waals surface area contributed by atoms with Crippen LogP contribution < -0.4 is 0 Å². The summed E-state index contributed by atoms with van der Waals surface area (Å²) in [6, 6.07) is 0. The molecule has 0 N–H and O–H groups in total. The highest BCUT2D eigenvalue weighted by molar-refractivity contribution is 8.34.